The highest BCUT2D eigenvalue weighted by molar-refractivity contribution is 5.88. The number of rotatable bonds is 8. The van der Waals surface area contributed by atoms with Crippen molar-refractivity contribution in [3.05, 3.63) is 0 Å². The van der Waals surface area contributed by atoms with Crippen LogP contribution in [0.3, 0.4) is 0 Å². The second-order valence-electron chi connectivity index (χ2n) is 6.29. The Morgan fingerprint density at radius 1 is 0.944 bits per heavy atom. The molecule has 106 valence electrons. The molecule has 0 aromatic carbocycles. The molecular formula is C15H29NO2. The van der Waals surface area contributed by atoms with Crippen LogP contribution in [-0.4, -0.2) is 18.2 Å². The molecule has 0 saturated carbocycles. The molecule has 0 aliphatic carbocycles. The minimum atomic E-state index is -0.128. The predicted octanol–water partition coefficient (Wildman–Crippen LogP) is 3.04. The molecule has 1 amide bonds. The summed E-state index contributed by atoms with van der Waals surface area (Å²) in [5.41, 5.74) is 0. The zero-order chi connectivity index (χ0) is 14.3. The molecule has 0 rings (SSSR count). The lowest BCUT2D eigenvalue weighted by molar-refractivity contribution is -0.131. The van der Waals surface area contributed by atoms with Gasteiger partial charge in [0.2, 0.25) is 5.91 Å². The summed E-state index contributed by atoms with van der Waals surface area (Å²) in [5, 5.41) is 2.89. The third kappa shape index (κ3) is 7.46. The first kappa shape index (κ1) is 17.1. The van der Waals surface area contributed by atoms with E-state index in [1.54, 1.807) is 0 Å². The van der Waals surface area contributed by atoms with Gasteiger partial charge in [-0.3, -0.25) is 9.59 Å². The van der Waals surface area contributed by atoms with Gasteiger partial charge in [0.05, 0.1) is 0 Å². The molecule has 3 nitrogen and oxygen atoms in total. The van der Waals surface area contributed by atoms with E-state index in [9.17, 15) is 9.59 Å². The molecule has 0 aliphatic rings. The molecule has 0 spiro atoms. The maximum atomic E-state index is 12.1. The van der Waals surface area contributed by atoms with Gasteiger partial charge in [-0.15, -0.1) is 0 Å². The van der Waals surface area contributed by atoms with Gasteiger partial charge < -0.3 is 5.32 Å². The zero-order valence-electron chi connectivity index (χ0n) is 12.7. The maximum absolute atomic E-state index is 12.1. The molecule has 0 bridgehead atoms. The smallest absolute Gasteiger partial charge is 0.220 e. The molecule has 1 N–H and O–H groups in total. The summed E-state index contributed by atoms with van der Waals surface area (Å²) in [4.78, 5) is 23.9. The number of hydrogen-bond acceptors (Lipinski definition) is 2. The van der Waals surface area contributed by atoms with Gasteiger partial charge in [-0.05, 0) is 18.3 Å². The first-order chi connectivity index (χ1) is 8.23. The highest BCUT2D eigenvalue weighted by Crippen LogP contribution is 2.20. The van der Waals surface area contributed by atoms with E-state index in [1.807, 2.05) is 13.8 Å². The molecule has 0 unspecified atom stereocenters. The number of ketones is 1. The van der Waals surface area contributed by atoms with Crippen molar-refractivity contribution >= 4 is 11.7 Å². The molecule has 0 saturated heterocycles. The quantitative estimate of drug-likeness (QED) is 0.724. The first-order valence-electron chi connectivity index (χ1n) is 7.04. The first-order valence-corrected chi connectivity index (χ1v) is 7.04. The molecule has 3 heteroatoms. The molecule has 0 radical (unpaired) electrons. The highest BCUT2D eigenvalue weighted by Gasteiger charge is 2.24. The summed E-state index contributed by atoms with van der Waals surface area (Å²) in [6.07, 6.45) is 1.13. The molecule has 0 heterocycles. The Morgan fingerprint density at radius 2 is 1.50 bits per heavy atom. The molecule has 0 aromatic heterocycles. The molecule has 0 aromatic rings. The van der Waals surface area contributed by atoms with Crippen LogP contribution >= 0.6 is 0 Å². The molecular weight excluding hydrogens is 226 g/mol. The summed E-state index contributed by atoms with van der Waals surface area (Å²) in [6, 6.07) is 0. The highest BCUT2D eigenvalue weighted by atomic mass is 16.2. The van der Waals surface area contributed by atoms with E-state index in [-0.39, 0.29) is 23.5 Å². The van der Waals surface area contributed by atoms with E-state index in [2.05, 4.69) is 33.0 Å². The van der Waals surface area contributed by atoms with Crippen LogP contribution in [0, 0.1) is 23.7 Å². The van der Waals surface area contributed by atoms with Crippen LogP contribution in [0.1, 0.15) is 54.4 Å². The Balaban J connectivity index is 4.40. The Bertz CT molecular complexity index is 270. The molecule has 1 atom stereocenters. The lowest BCUT2D eigenvalue weighted by atomic mass is 9.85. The van der Waals surface area contributed by atoms with Crippen LogP contribution < -0.4 is 5.32 Å². The second-order valence-corrected chi connectivity index (χ2v) is 6.29. The van der Waals surface area contributed by atoms with Gasteiger partial charge in [0, 0.05) is 24.8 Å². The van der Waals surface area contributed by atoms with Crippen LogP contribution in [0.25, 0.3) is 0 Å². The monoisotopic (exact) mass is 255 g/mol. The Labute approximate surface area is 112 Å². The average Bonchev–Trinajstić information content (AvgIpc) is 2.23. The number of amides is 1. The van der Waals surface area contributed by atoms with E-state index < -0.39 is 0 Å². The van der Waals surface area contributed by atoms with Gasteiger partial charge in [-0.1, -0.05) is 41.5 Å². The number of nitrogens with one attached hydrogen (secondary N) is 1. The van der Waals surface area contributed by atoms with Crippen molar-refractivity contribution in [3.8, 4) is 0 Å². The van der Waals surface area contributed by atoms with Gasteiger partial charge in [0.15, 0.2) is 0 Å². The summed E-state index contributed by atoms with van der Waals surface area (Å²) in [6.45, 7) is 12.8. The van der Waals surface area contributed by atoms with Crippen molar-refractivity contribution in [2.24, 2.45) is 23.7 Å². The fourth-order valence-electron chi connectivity index (χ4n) is 1.95. The van der Waals surface area contributed by atoms with Crippen LogP contribution in [0.2, 0.25) is 0 Å². The van der Waals surface area contributed by atoms with E-state index >= 15 is 0 Å². The minimum Gasteiger partial charge on any atom is -0.356 e. The number of Topliss-reactive ketones (excluding diaryl/α,β-unsaturated/α-hetero) is 1. The Morgan fingerprint density at radius 3 is 1.89 bits per heavy atom. The zero-order valence-corrected chi connectivity index (χ0v) is 12.7. The lowest BCUT2D eigenvalue weighted by Gasteiger charge is -2.19. The topological polar surface area (TPSA) is 46.2 Å². The lowest BCUT2D eigenvalue weighted by Crippen LogP contribution is -2.32. The number of hydrogen-bond donors (Lipinski definition) is 1. The Kier molecular flexibility index (Phi) is 7.88. The second kappa shape index (κ2) is 8.28. The standard InChI is InChI=1S/C15H29NO2/c1-10(2)7-13(15(18)12(5)6)8-14(17)16-9-11(3)4/h10-13H,7-9H2,1-6H3,(H,16,17)/t13-/m0/s1. The molecule has 18 heavy (non-hydrogen) atoms. The van der Waals surface area contributed by atoms with Crippen LogP contribution in [0.5, 0.6) is 0 Å². The summed E-state index contributed by atoms with van der Waals surface area (Å²) >= 11 is 0. The molecule has 0 aliphatic heterocycles. The summed E-state index contributed by atoms with van der Waals surface area (Å²) < 4.78 is 0. The van der Waals surface area contributed by atoms with Crippen molar-refractivity contribution in [2.75, 3.05) is 6.54 Å². The minimum absolute atomic E-state index is 0.00310. The van der Waals surface area contributed by atoms with Gasteiger partial charge in [-0.25, -0.2) is 0 Å². The van der Waals surface area contributed by atoms with Gasteiger partial charge in [0.1, 0.15) is 5.78 Å². The van der Waals surface area contributed by atoms with Gasteiger partial charge >= 0.3 is 0 Å². The van der Waals surface area contributed by atoms with Gasteiger partial charge in [-0.2, -0.15) is 0 Å². The van der Waals surface area contributed by atoms with E-state index in [0.717, 1.165) is 6.42 Å². The largest absolute Gasteiger partial charge is 0.356 e. The predicted molar refractivity (Wildman–Crippen MR) is 75.3 cm³/mol. The van der Waals surface area contributed by atoms with E-state index in [4.69, 9.17) is 0 Å². The molecule has 0 fully saturated rings. The van der Waals surface area contributed by atoms with Crippen LogP contribution in [-0.2, 0) is 9.59 Å². The van der Waals surface area contributed by atoms with Crippen molar-refractivity contribution in [1.29, 1.82) is 0 Å². The summed E-state index contributed by atoms with van der Waals surface area (Å²) in [5.74, 6) is 0.976. The maximum Gasteiger partial charge on any atom is 0.220 e. The normalized spacial score (nSPS) is 13.2. The third-order valence-corrected chi connectivity index (χ3v) is 2.87. The number of carbonyl (C=O) groups is 2. The van der Waals surface area contributed by atoms with E-state index in [1.165, 1.54) is 0 Å². The van der Waals surface area contributed by atoms with Crippen molar-refractivity contribution in [2.45, 2.75) is 54.4 Å². The fourth-order valence-corrected chi connectivity index (χ4v) is 1.95. The SMILES string of the molecule is CC(C)CNC(=O)C[C@H](CC(C)C)C(=O)C(C)C. The van der Waals surface area contributed by atoms with Crippen LogP contribution in [0.4, 0.5) is 0 Å². The van der Waals surface area contributed by atoms with E-state index in [0.29, 0.717) is 24.8 Å². The average molecular weight is 255 g/mol. The van der Waals surface area contributed by atoms with Gasteiger partial charge in [0.25, 0.3) is 0 Å². The van der Waals surface area contributed by atoms with Crippen LogP contribution in [0.15, 0.2) is 0 Å². The van der Waals surface area contributed by atoms with Crippen molar-refractivity contribution in [3.63, 3.8) is 0 Å². The Hall–Kier alpha value is -0.860. The van der Waals surface area contributed by atoms with Crippen molar-refractivity contribution in [1.82, 2.24) is 5.32 Å². The number of carbonyl (C=O) groups excluding carboxylic acids is 2. The fraction of sp³-hybridized carbons (Fsp3) is 0.867. The summed E-state index contributed by atoms with van der Waals surface area (Å²) in [7, 11) is 0. The van der Waals surface area contributed by atoms with Crippen molar-refractivity contribution < 1.29 is 9.59 Å². The third-order valence-electron chi connectivity index (χ3n) is 2.87.